The Labute approximate surface area is 166 Å². The van der Waals surface area contributed by atoms with E-state index in [9.17, 15) is 9.59 Å². The molecule has 1 aromatic rings. The van der Waals surface area contributed by atoms with Gasteiger partial charge in [-0.05, 0) is 30.5 Å². The van der Waals surface area contributed by atoms with Crippen LogP contribution in [0.15, 0.2) is 24.3 Å². The van der Waals surface area contributed by atoms with Gasteiger partial charge < -0.3 is 14.5 Å². The van der Waals surface area contributed by atoms with Gasteiger partial charge in [-0.25, -0.2) is 0 Å². The summed E-state index contributed by atoms with van der Waals surface area (Å²) >= 11 is 6.01. The number of rotatable bonds is 6. The lowest BCUT2D eigenvalue weighted by Gasteiger charge is -2.26. The van der Waals surface area contributed by atoms with Crippen LogP contribution in [0.5, 0.6) is 0 Å². The van der Waals surface area contributed by atoms with Crippen molar-refractivity contribution in [3.05, 3.63) is 34.9 Å². The molecule has 1 atom stereocenters. The Bertz CT molecular complexity index is 670. The van der Waals surface area contributed by atoms with Gasteiger partial charge in [0.25, 0.3) is 0 Å². The fourth-order valence-corrected chi connectivity index (χ4v) is 4.13. The van der Waals surface area contributed by atoms with E-state index >= 15 is 0 Å². The summed E-state index contributed by atoms with van der Waals surface area (Å²) in [7, 11) is 1.65. The highest BCUT2D eigenvalue weighted by molar-refractivity contribution is 6.30. The number of likely N-dealkylation sites (tertiary alicyclic amines) is 1. The van der Waals surface area contributed by atoms with Gasteiger partial charge in [-0.1, -0.05) is 23.7 Å². The van der Waals surface area contributed by atoms with Crippen LogP contribution < -0.4 is 0 Å². The normalized spacial score (nSPS) is 21.6. The molecule has 148 valence electrons. The van der Waals surface area contributed by atoms with E-state index in [0.29, 0.717) is 31.1 Å². The predicted molar refractivity (Wildman–Crippen MR) is 105 cm³/mol. The zero-order valence-electron chi connectivity index (χ0n) is 15.9. The number of nitrogens with zero attached hydrogens (tertiary/aromatic N) is 3. The third-order valence-corrected chi connectivity index (χ3v) is 5.64. The van der Waals surface area contributed by atoms with Crippen LogP contribution in [0.25, 0.3) is 0 Å². The zero-order valence-corrected chi connectivity index (χ0v) is 16.7. The molecule has 2 amide bonds. The van der Waals surface area contributed by atoms with Gasteiger partial charge in [0.1, 0.15) is 0 Å². The Morgan fingerprint density at radius 1 is 1.22 bits per heavy atom. The van der Waals surface area contributed by atoms with Crippen molar-refractivity contribution in [1.29, 1.82) is 0 Å². The standard InChI is InChI=1S/C20H28ClN3O3/c1-27-13-12-24-9-6-18(20(24)26)22-7-3-8-23(11-10-22)19(25)15-16-4-2-5-17(21)14-16/h2,4-5,14,18H,3,6-13,15H2,1H3/t18-/m1/s1. The number of halogens is 1. The summed E-state index contributed by atoms with van der Waals surface area (Å²) in [6, 6.07) is 7.41. The highest BCUT2D eigenvalue weighted by Crippen LogP contribution is 2.19. The average molecular weight is 394 g/mol. The van der Waals surface area contributed by atoms with Crippen molar-refractivity contribution >= 4 is 23.4 Å². The molecule has 0 bridgehead atoms. The van der Waals surface area contributed by atoms with Gasteiger partial charge in [0.2, 0.25) is 11.8 Å². The van der Waals surface area contributed by atoms with Crippen LogP contribution in [-0.2, 0) is 20.7 Å². The van der Waals surface area contributed by atoms with Crippen LogP contribution in [-0.4, -0.2) is 85.5 Å². The number of hydrogen-bond donors (Lipinski definition) is 0. The topological polar surface area (TPSA) is 53.1 Å². The van der Waals surface area contributed by atoms with E-state index in [4.69, 9.17) is 16.3 Å². The molecule has 0 aliphatic carbocycles. The van der Waals surface area contributed by atoms with Crippen LogP contribution in [0.3, 0.4) is 0 Å². The molecule has 7 heteroatoms. The highest BCUT2D eigenvalue weighted by Gasteiger charge is 2.36. The number of hydrogen-bond acceptors (Lipinski definition) is 4. The van der Waals surface area contributed by atoms with Crippen LogP contribution in [0.4, 0.5) is 0 Å². The molecular formula is C20H28ClN3O3. The first-order chi connectivity index (χ1) is 13.1. The summed E-state index contributed by atoms with van der Waals surface area (Å²) in [5.74, 6) is 0.323. The predicted octanol–water partition coefficient (Wildman–Crippen LogP) is 1.66. The van der Waals surface area contributed by atoms with Crippen LogP contribution in [0, 0.1) is 0 Å². The number of carbonyl (C=O) groups excluding carboxylic acids is 2. The monoisotopic (exact) mass is 393 g/mol. The van der Waals surface area contributed by atoms with Crippen molar-refractivity contribution in [2.75, 3.05) is 53.0 Å². The number of amides is 2. The van der Waals surface area contributed by atoms with Gasteiger partial charge in [0.15, 0.2) is 0 Å². The molecule has 0 unspecified atom stereocenters. The fraction of sp³-hybridized carbons (Fsp3) is 0.600. The molecule has 2 aliphatic rings. The lowest BCUT2D eigenvalue weighted by molar-refractivity contribution is -0.132. The summed E-state index contributed by atoms with van der Waals surface area (Å²) < 4.78 is 5.09. The molecule has 0 spiro atoms. The third-order valence-electron chi connectivity index (χ3n) is 5.40. The fourth-order valence-electron chi connectivity index (χ4n) is 3.92. The smallest absolute Gasteiger partial charge is 0.240 e. The van der Waals surface area contributed by atoms with Gasteiger partial charge >= 0.3 is 0 Å². The Hall–Kier alpha value is -1.63. The first-order valence-electron chi connectivity index (χ1n) is 9.62. The van der Waals surface area contributed by atoms with E-state index in [-0.39, 0.29) is 17.9 Å². The van der Waals surface area contributed by atoms with Crippen molar-refractivity contribution in [2.24, 2.45) is 0 Å². The SMILES string of the molecule is COCCN1CC[C@@H](N2CCCN(C(=O)Cc3cccc(Cl)c3)CC2)C1=O. The summed E-state index contributed by atoms with van der Waals surface area (Å²) in [6.45, 7) is 5.03. The first kappa shape index (κ1) is 20.1. The van der Waals surface area contributed by atoms with Crippen molar-refractivity contribution in [1.82, 2.24) is 14.7 Å². The van der Waals surface area contributed by atoms with E-state index in [1.54, 1.807) is 7.11 Å². The lowest BCUT2D eigenvalue weighted by Crippen LogP contribution is -2.44. The molecule has 6 nitrogen and oxygen atoms in total. The Morgan fingerprint density at radius 3 is 2.85 bits per heavy atom. The van der Waals surface area contributed by atoms with E-state index in [0.717, 1.165) is 44.6 Å². The maximum Gasteiger partial charge on any atom is 0.240 e. The minimum Gasteiger partial charge on any atom is -0.383 e. The summed E-state index contributed by atoms with van der Waals surface area (Å²) in [6.07, 6.45) is 2.12. The lowest BCUT2D eigenvalue weighted by atomic mass is 10.1. The molecule has 2 saturated heterocycles. The van der Waals surface area contributed by atoms with Gasteiger partial charge in [-0.2, -0.15) is 0 Å². The molecule has 3 rings (SSSR count). The summed E-state index contributed by atoms with van der Waals surface area (Å²) in [5.41, 5.74) is 0.938. The van der Waals surface area contributed by atoms with Crippen molar-refractivity contribution in [3.63, 3.8) is 0 Å². The van der Waals surface area contributed by atoms with Crippen molar-refractivity contribution in [3.8, 4) is 0 Å². The molecular weight excluding hydrogens is 366 g/mol. The average Bonchev–Trinajstić information content (AvgIpc) is 2.86. The molecule has 0 radical (unpaired) electrons. The van der Waals surface area contributed by atoms with E-state index < -0.39 is 0 Å². The summed E-state index contributed by atoms with van der Waals surface area (Å²) in [4.78, 5) is 31.4. The second-order valence-corrected chi connectivity index (χ2v) is 7.64. The molecule has 1 aromatic carbocycles. The largest absolute Gasteiger partial charge is 0.383 e. The molecule has 0 saturated carbocycles. The van der Waals surface area contributed by atoms with E-state index in [1.165, 1.54) is 0 Å². The van der Waals surface area contributed by atoms with Crippen molar-refractivity contribution < 1.29 is 14.3 Å². The third kappa shape index (κ3) is 5.21. The van der Waals surface area contributed by atoms with Gasteiger partial charge in [-0.15, -0.1) is 0 Å². The first-order valence-corrected chi connectivity index (χ1v) is 10.0. The van der Waals surface area contributed by atoms with E-state index in [1.807, 2.05) is 34.1 Å². The molecule has 0 aromatic heterocycles. The second kappa shape index (κ2) is 9.53. The maximum atomic E-state index is 12.7. The molecule has 2 fully saturated rings. The van der Waals surface area contributed by atoms with Crippen LogP contribution in [0.2, 0.25) is 5.02 Å². The summed E-state index contributed by atoms with van der Waals surface area (Å²) in [5, 5.41) is 0.653. The Kier molecular flexibility index (Phi) is 7.10. The quantitative estimate of drug-likeness (QED) is 0.737. The molecule has 2 aliphatic heterocycles. The minimum atomic E-state index is -0.0511. The number of benzene rings is 1. The Morgan fingerprint density at radius 2 is 2.07 bits per heavy atom. The van der Waals surface area contributed by atoms with Gasteiger partial charge in [0, 0.05) is 51.4 Å². The van der Waals surface area contributed by atoms with Gasteiger partial charge in [0.05, 0.1) is 19.1 Å². The van der Waals surface area contributed by atoms with E-state index in [2.05, 4.69) is 4.90 Å². The number of ether oxygens (including phenoxy) is 1. The zero-order chi connectivity index (χ0) is 19.2. The molecule has 0 N–H and O–H groups in total. The van der Waals surface area contributed by atoms with Crippen LogP contribution >= 0.6 is 11.6 Å². The number of carbonyl (C=O) groups is 2. The van der Waals surface area contributed by atoms with Gasteiger partial charge in [-0.3, -0.25) is 14.5 Å². The molecule has 27 heavy (non-hydrogen) atoms. The van der Waals surface area contributed by atoms with Crippen LogP contribution in [0.1, 0.15) is 18.4 Å². The minimum absolute atomic E-state index is 0.0511. The highest BCUT2D eigenvalue weighted by atomic mass is 35.5. The second-order valence-electron chi connectivity index (χ2n) is 7.20. The Balaban J connectivity index is 1.53. The maximum absolute atomic E-state index is 12.7. The van der Waals surface area contributed by atoms with Crippen molar-refractivity contribution in [2.45, 2.75) is 25.3 Å². The number of methoxy groups -OCH3 is 1. The molecule has 2 heterocycles.